The first-order valence-corrected chi connectivity index (χ1v) is 6.21. The topological polar surface area (TPSA) is 83.6 Å². The first kappa shape index (κ1) is 15.9. The van der Waals surface area contributed by atoms with Crippen LogP contribution in [0.5, 0.6) is 0 Å². The van der Waals surface area contributed by atoms with E-state index >= 15 is 0 Å². The van der Waals surface area contributed by atoms with Gasteiger partial charge in [-0.05, 0) is 39.0 Å². The summed E-state index contributed by atoms with van der Waals surface area (Å²) in [5.41, 5.74) is 4.95. The standard InChI is InChI=1S/C14H19FN2O3/c1-14(2,3)17(7-6-12(18)19)13(20)10-5-4-9(16)8-11(10)15/h4-5,8H,6-7,16H2,1-3H3,(H,18,19). The van der Waals surface area contributed by atoms with E-state index < -0.39 is 23.2 Å². The molecule has 0 fully saturated rings. The number of nitrogens with zero attached hydrogens (tertiary/aromatic N) is 1. The Kier molecular flexibility index (Phi) is 4.70. The summed E-state index contributed by atoms with van der Waals surface area (Å²) >= 11 is 0. The quantitative estimate of drug-likeness (QED) is 0.829. The molecule has 0 atom stereocenters. The van der Waals surface area contributed by atoms with Crippen LogP contribution in [0, 0.1) is 5.82 Å². The highest BCUT2D eigenvalue weighted by Gasteiger charge is 2.29. The molecule has 0 saturated heterocycles. The van der Waals surface area contributed by atoms with Crippen LogP contribution in [0.3, 0.4) is 0 Å². The number of rotatable bonds is 4. The molecule has 0 radical (unpaired) electrons. The van der Waals surface area contributed by atoms with Crippen molar-refractivity contribution in [1.82, 2.24) is 4.90 Å². The zero-order chi connectivity index (χ0) is 15.5. The summed E-state index contributed by atoms with van der Waals surface area (Å²) in [6, 6.07) is 3.83. The minimum atomic E-state index is -1.01. The molecule has 1 aromatic carbocycles. The van der Waals surface area contributed by atoms with Crippen molar-refractivity contribution < 1.29 is 19.1 Å². The molecular formula is C14H19FN2O3. The van der Waals surface area contributed by atoms with Crippen LogP contribution < -0.4 is 5.73 Å². The van der Waals surface area contributed by atoms with Gasteiger partial charge < -0.3 is 15.7 Å². The highest BCUT2D eigenvalue weighted by molar-refractivity contribution is 5.95. The van der Waals surface area contributed by atoms with Gasteiger partial charge in [0, 0.05) is 17.8 Å². The second kappa shape index (κ2) is 5.90. The molecule has 6 heteroatoms. The van der Waals surface area contributed by atoms with Gasteiger partial charge in [-0.15, -0.1) is 0 Å². The largest absolute Gasteiger partial charge is 0.481 e. The Balaban J connectivity index is 3.07. The number of amides is 1. The van der Waals surface area contributed by atoms with E-state index in [2.05, 4.69) is 0 Å². The lowest BCUT2D eigenvalue weighted by atomic mass is 10.0. The summed E-state index contributed by atoms with van der Waals surface area (Å²) in [4.78, 5) is 24.4. The van der Waals surface area contributed by atoms with Crippen molar-refractivity contribution in [3.8, 4) is 0 Å². The predicted octanol–water partition coefficient (Wildman–Crippen LogP) is 2.12. The minimum absolute atomic E-state index is 0.0154. The van der Waals surface area contributed by atoms with E-state index in [1.807, 2.05) is 0 Å². The molecule has 5 nitrogen and oxygen atoms in total. The van der Waals surface area contributed by atoms with Gasteiger partial charge in [-0.2, -0.15) is 0 Å². The third-order valence-electron chi connectivity index (χ3n) is 2.83. The maximum atomic E-state index is 13.8. The normalized spacial score (nSPS) is 11.2. The lowest BCUT2D eigenvalue weighted by Crippen LogP contribution is -2.46. The fraction of sp³-hybridized carbons (Fsp3) is 0.429. The zero-order valence-corrected chi connectivity index (χ0v) is 11.8. The molecule has 1 aromatic rings. The smallest absolute Gasteiger partial charge is 0.305 e. The molecule has 0 unspecified atom stereocenters. The number of nitrogen functional groups attached to an aromatic ring is 1. The first-order chi connectivity index (χ1) is 9.12. The van der Waals surface area contributed by atoms with E-state index in [-0.39, 0.29) is 24.2 Å². The highest BCUT2D eigenvalue weighted by Crippen LogP contribution is 2.20. The Hall–Kier alpha value is -2.11. The van der Waals surface area contributed by atoms with Gasteiger partial charge in [0.1, 0.15) is 5.82 Å². The SMILES string of the molecule is CC(C)(C)N(CCC(=O)O)C(=O)c1ccc(N)cc1F. The summed E-state index contributed by atoms with van der Waals surface area (Å²) in [5.74, 6) is -2.26. The number of carboxylic acid groups (broad SMARTS) is 1. The van der Waals surface area contributed by atoms with Crippen molar-refractivity contribution in [2.24, 2.45) is 0 Å². The molecule has 20 heavy (non-hydrogen) atoms. The molecule has 3 N–H and O–H groups in total. The van der Waals surface area contributed by atoms with Crippen molar-refractivity contribution in [2.45, 2.75) is 32.7 Å². The van der Waals surface area contributed by atoms with Gasteiger partial charge in [-0.1, -0.05) is 0 Å². The number of nitrogens with two attached hydrogens (primary N) is 1. The fourth-order valence-corrected chi connectivity index (χ4v) is 1.80. The van der Waals surface area contributed by atoms with Gasteiger partial charge in [0.2, 0.25) is 0 Å². The molecule has 0 aliphatic heterocycles. The van der Waals surface area contributed by atoms with Crippen molar-refractivity contribution in [3.63, 3.8) is 0 Å². The monoisotopic (exact) mass is 282 g/mol. The van der Waals surface area contributed by atoms with Crippen molar-refractivity contribution in [1.29, 1.82) is 0 Å². The molecule has 0 heterocycles. The average molecular weight is 282 g/mol. The molecule has 0 spiro atoms. The second-order valence-corrected chi connectivity index (χ2v) is 5.51. The van der Waals surface area contributed by atoms with Gasteiger partial charge in [-0.25, -0.2) is 4.39 Å². The molecule has 0 bridgehead atoms. The van der Waals surface area contributed by atoms with E-state index in [9.17, 15) is 14.0 Å². The van der Waals surface area contributed by atoms with Crippen LogP contribution in [0.1, 0.15) is 37.6 Å². The number of hydrogen-bond acceptors (Lipinski definition) is 3. The van der Waals surface area contributed by atoms with E-state index in [0.29, 0.717) is 0 Å². The fourth-order valence-electron chi connectivity index (χ4n) is 1.80. The van der Waals surface area contributed by atoms with Crippen molar-refractivity contribution in [2.75, 3.05) is 12.3 Å². The number of carbonyl (C=O) groups excluding carboxylic acids is 1. The molecule has 0 saturated carbocycles. The Morgan fingerprint density at radius 3 is 2.40 bits per heavy atom. The maximum absolute atomic E-state index is 13.8. The van der Waals surface area contributed by atoms with Crippen LogP contribution in [0.4, 0.5) is 10.1 Å². The number of aliphatic carboxylic acids is 1. The van der Waals surface area contributed by atoms with E-state index in [1.54, 1.807) is 20.8 Å². The lowest BCUT2D eigenvalue weighted by molar-refractivity contribution is -0.137. The maximum Gasteiger partial charge on any atom is 0.305 e. The van der Waals surface area contributed by atoms with Gasteiger partial charge in [-0.3, -0.25) is 9.59 Å². The summed E-state index contributed by atoms with van der Waals surface area (Å²) in [7, 11) is 0. The predicted molar refractivity (Wildman–Crippen MR) is 73.9 cm³/mol. The van der Waals surface area contributed by atoms with E-state index in [1.165, 1.54) is 17.0 Å². The van der Waals surface area contributed by atoms with E-state index in [4.69, 9.17) is 10.8 Å². The molecule has 110 valence electrons. The Bertz CT molecular complexity index is 524. The minimum Gasteiger partial charge on any atom is -0.481 e. The summed E-state index contributed by atoms with van der Waals surface area (Å²) < 4.78 is 13.8. The van der Waals surface area contributed by atoms with Gasteiger partial charge in [0.15, 0.2) is 0 Å². The number of carbonyl (C=O) groups is 2. The molecule has 1 amide bonds. The second-order valence-electron chi connectivity index (χ2n) is 5.51. The van der Waals surface area contributed by atoms with Gasteiger partial charge in [0.05, 0.1) is 12.0 Å². The number of benzene rings is 1. The third kappa shape index (κ3) is 3.94. The van der Waals surface area contributed by atoms with E-state index in [0.717, 1.165) is 6.07 Å². The average Bonchev–Trinajstić information content (AvgIpc) is 2.26. The number of hydrogen-bond donors (Lipinski definition) is 2. The van der Waals surface area contributed by atoms with Crippen LogP contribution in [0.25, 0.3) is 0 Å². The highest BCUT2D eigenvalue weighted by atomic mass is 19.1. The van der Waals surface area contributed by atoms with Crippen LogP contribution in [-0.2, 0) is 4.79 Å². The van der Waals surface area contributed by atoms with Gasteiger partial charge in [0.25, 0.3) is 5.91 Å². The molecule has 0 aliphatic rings. The van der Waals surface area contributed by atoms with Gasteiger partial charge >= 0.3 is 5.97 Å². The van der Waals surface area contributed by atoms with Crippen LogP contribution in [-0.4, -0.2) is 34.0 Å². The Labute approximate surface area is 117 Å². The Morgan fingerprint density at radius 2 is 1.95 bits per heavy atom. The van der Waals surface area contributed by atoms with Crippen LogP contribution in [0.15, 0.2) is 18.2 Å². The zero-order valence-electron chi connectivity index (χ0n) is 11.8. The Morgan fingerprint density at radius 1 is 1.35 bits per heavy atom. The summed E-state index contributed by atoms with van der Waals surface area (Å²) in [5, 5.41) is 8.74. The molecule has 0 aliphatic carbocycles. The van der Waals surface area contributed by atoms with Crippen molar-refractivity contribution >= 4 is 17.6 Å². The summed E-state index contributed by atoms with van der Waals surface area (Å²) in [6.45, 7) is 5.31. The third-order valence-corrected chi connectivity index (χ3v) is 2.83. The first-order valence-electron chi connectivity index (χ1n) is 6.21. The number of halogens is 1. The molecular weight excluding hydrogens is 263 g/mol. The molecule has 1 rings (SSSR count). The lowest BCUT2D eigenvalue weighted by Gasteiger charge is -2.35. The molecule has 0 aromatic heterocycles. The van der Waals surface area contributed by atoms with Crippen LogP contribution >= 0.6 is 0 Å². The van der Waals surface area contributed by atoms with Crippen LogP contribution in [0.2, 0.25) is 0 Å². The number of carboxylic acids is 1. The number of anilines is 1. The van der Waals surface area contributed by atoms with Crippen molar-refractivity contribution in [3.05, 3.63) is 29.6 Å². The summed E-state index contributed by atoms with van der Waals surface area (Å²) in [6.07, 6.45) is -0.195.